The minimum Gasteiger partial charge on any atom is -0.489 e. The fraction of sp³-hybridized carbons (Fsp3) is 0.182. The second kappa shape index (κ2) is 8.25. The summed E-state index contributed by atoms with van der Waals surface area (Å²) in [5.41, 5.74) is 1.87. The van der Waals surface area contributed by atoms with Gasteiger partial charge < -0.3 is 4.74 Å². The molecule has 0 saturated carbocycles. The molecule has 3 rings (SSSR count). The normalized spacial score (nSPS) is 10.9. The van der Waals surface area contributed by atoms with Gasteiger partial charge in [-0.3, -0.25) is 0 Å². The van der Waals surface area contributed by atoms with Crippen molar-refractivity contribution in [2.45, 2.75) is 26.4 Å². The number of hydrogen-bond acceptors (Lipinski definition) is 1. The molecule has 0 radical (unpaired) electrons. The van der Waals surface area contributed by atoms with E-state index in [0.717, 1.165) is 24.1 Å². The lowest BCUT2D eigenvalue weighted by Crippen LogP contribution is -1.98. The second-order valence-corrected chi connectivity index (χ2v) is 6.21. The van der Waals surface area contributed by atoms with Crippen LogP contribution in [0.15, 0.2) is 54.6 Å². The van der Waals surface area contributed by atoms with Crippen LogP contribution in [0, 0.1) is 23.3 Å². The molecule has 0 aromatic heterocycles. The largest absolute Gasteiger partial charge is 0.489 e. The summed E-state index contributed by atoms with van der Waals surface area (Å²) in [6.45, 7) is 2.05. The summed E-state index contributed by atoms with van der Waals surface area (Å²) < 4.78 is 60.0. The summed E-state index contributed by atoms with van der Waals surface area (Å²) in [6.07, 6.45) is 1.23. The zero-order valence-corrected chi connectivity index (χ0v) is 14.7. The lowest BCUT2D eigenvalue weighted by Gasteiger charge is -2.10. The standard InChI is InChI=1S/C22H18F4O/c1-2-3-16-8-10-18(22(26)21(16)25)15-6-4-14(5-7-15)13-27-17-9-11-19(23)20(24)12-17/h4-12H,2-3,13H2,1H3. The van der Waals surface area contributed by atoms with Crippen molar-refractivity contribution in [1.29, 1.82) is 0 Å². The van der Waals surface area contributed by atoms with Crippen LogP contribution in [0.25, 0.3) is 11.1 Å². The van der Waals surface area contributed by atoms with Gasteiger partial charge in [0.2, 0.25) is 0 Å². The predicted octanol–water partition coefficient (Wildman–Crippen LogP) is 6.44. The molecule has 0 fully saturated rings. The molecule has 0 aliphatic rings. The van der Waals surface area contributed by atoms with E-state index >= 15 is 0 Å². The number of halogens is 4. The van der Waals surface area contributed by atoms with Crippen LogP contribution in [-0.2, 0) is 13.0 Å². The molecular weight excluding hydrogens is 356 g/mol. The van der Waals surface area contributed by atoms with E-state index < -0.39 is 23.3 Å². The van der Waals surface area contributed by atoms with Gasteiger partial charge >= 0.3 is 0 Å². The molecule has 3 aromatic carbocycles. The average molecular weight is 374 g/mol. The van der Waals surface area contributed by atoms with Crippen LogP contribution in [0.4, 0.5) is 17.6 Å². The fourth-order valence-electron chi connectivity index (χ4n) is 2.79. The van der Waals surface area contributed by atoms with Crippen LogP contribution in [0.1, 0.15) is 24.5 Å². The van der Waals surface area contributed by atoms with Crippen molar-refractivity contribution in [3.8, 4) is 16.9 Å². The van der Waals surface area contributed by atoms with Crippen LogP contribution in [0.5, 0.6) is 5.75 Å². The summed E-state index contributed by atoms with van der Waals surface area (Å²) in [6, 6.07) is 13.3. The van der Waals surface area contributed by atoms with Crippen LogP contribution in [0.2, 0.25) is 0 Å². The van der Waals surface area contributed by atoms with Gasteiger partial charge in [-0.25, -0.2) is 17.6 Å². The average Bonchev–Trinajstić information content (AvgIpc) is 2.67. The van der Waals surface area contributed by atoms with Gasteiger partial charge in [0.15, 0.2) is 23.3 Å². The van der Waals surface area contributed by atoms with E-state index in [1.54, 1.807) is 36.4 Å². The molecule has 27 heavy (non-hydrogen) atoms. The van der Waals surface area contributed by atoms with Gasteiger partial charge in [-0.15, -0.1) is 0 Å². The van der Waals surface area contributed by atoms with Crippen molar-refractivity contribution in [3.63, 3.8) is 0 Å². The lowest BCUT2D eigenvalue weighted by atomic mass is 10.00. The molecule has 0 spiro atoms. The summed E-state index contributed by atoms with van der Waals surface area (Å²) in [4.78, 5) is 0. The summed E-state index contributed by atoms with van der Waals surface area (Å²) in [7, 11) is 0. The van der Waals surface area contributed by atoms with E-state index in [2.05, 4.69) is 0 Å². The lowest BCUT2D eigenvalue weighted by molar-refractivity contribution is 0.303. The zero-order valence-electron chi connectivity index (χ0n) is 14.7. The van der Waals surface area contributed by atoms with E-state index in [-0.39, 0.29) is 17.9 Å². The van der Waals surface area contributed by atoms with Gasteiger partial charge in [-0.2, -0.15) is 0 Å². The number of ether oxygens (including phenoxy) is 1. The molecule has 5 heteroatoms. The molecular formula is C22H18F4O. The molecule has 0 saturated heterocycles. The number of benzene rings is 3. The van der Waals surface area contributed by atoms with Crippen molar-refractivity contribution in [2.24, 2.45) is 0 Å². The molecule has 0 unspecified atom stereocenters. The minimum atomic E-state index is -0.980. The van der Waals surface area contributed by atoms with Crippen LogP contribution < -0.4 is 4.74 Å². The molecule has 0 bridgehead atoms. The van der Waals surface area contributed by atoms with Crippen molar-refractivity contribution in [2.75, 3.05) is 0 Å². The first-order chi connectivity index (χ1) is 13.0. The Morgan fingerprint density at radius 1 is 0.778 bits per heavy atom. The molecule has 0 aliphatic heterocycles. The molecule has 0 N–H and O–H groups in total. The van der Waals surface area contributed by atoms with E-state index in [0.29, 0.717) is 17.5 Å². The number of hydrogen-bond donors (Lipinski definition) is 0. The van der Waals surface area contributed by atoms with Gasteiger partial charge in [0.05, 0.1) is 0 Å². The predicted molar refractivity (Wildman–Crippen MR) is 96.5 cm³/mol. The van der Waals surface area contributed by atoms with Gasteiger partial charge in [0, 0.05) is 11.6 Å². The molecule has 140 valence electrons. The van der Waals surface area contributed by atoms with Gasteiger partial charge in [-0.1, -0.05) is 49.7 Å². The molecule has 0 atom stereocenters. The molecule has 0 heterocycles. The van der Waals surface area contributed by atoms with E-state index in [4.69, 9.17) is 4.74 Å². The molecule has 1 nitrogen and oxygen atoms in total. The molecule has 3 aromatic rings. The minimum absolute atomic E-state index is 0.137. The molecule has 0 amide bonds. The van der Waals surface area contributed by atoms with Crippen molar-refractivity contribution >= 4 is 0 Å². The highest BCUT2D eigenvalue weighted by Gasteiger charge is 2.14. The van der Waals surface area contributed by atoms with Crippen molar-refractivity contribution < 1.29 is 22.3 Å². The highest BCUT2D eigenvalue weighted by atomic mass is 19.2. The Morgan fingerprint density at radius 3 is 2.19 bits per heavy atom. The smallest absolute Gasteiger partial charge is 0.166 e. The van der Waals surface area contributed by atoms with Gasteiger partial charge in [0.1, 0.15) is 12.4 Å². The Labute approximate surface area is 155 Å². The second-order valence-electron chi connectivity index (χ2n) is 6.21. The summed E-state index contributed by atoms with van der Waals surface area (Å²) >= 11 is 0. The highest BCUT2D eigenvalue weighted by Crippen LogP contribution is 2.27. The van der Waals surface area contributed by atoms with E-state index in [1.807, 2.05) is 6.92 Å². The van der Waals surface area contributed by atoms with E-state index in [9.17, 15) is 17.6 Å². The first-order valence-corrected chi connectivity index (χ1v) is 8.63. The maximum Gasteiger partial charge on any atom is 0.166 e. The summed E-state index contributed by atoms with van der Waals surface area (Å²) in [5, 5.41) is 0. The quantitative estimate of drug-likeness (QED) is 0.451. The first-order valence-electron chi connectivity index (χ1n) is 8.63. The Kier molecular flexibility index (Phi) is 5.79. The SMILES string of the molecule is CCCc1ccc(-c2ccc(COc3ccc(F)c(F)c3)cc2)c(F)c1F. The highest BCUT2D eigenvalue weighted by molar-refractivity contribution is 5.65. The van der Waals surface area contributed by atoms with E-state index in [1.165, 1.54) is 6.07 Å². The fourth-order valence-corrected chi connectivity index (χ4v) is 2.79. The van der Waals surface area contributed by atoms with Gasteiger partial charge in [-0.05, 0) is 35.2 Å². The number of aryl methyl sites for hydroxylation is 1. The Bertz CT molecular complexity index is 936. The Balaban J connectivity index is 1.73. The Morgan fingerprint density at radius 2 is 1.52 bits per heavy atom. The van der Waals surface area contributed by atoms with Crippen LogP contribution >= 0.6 is 0 Å². The van der Waals surface area contributed by atoms with Crippen molar-refractivity contribution in [3.05, 3.63) is 89.0 Å². The van der Waals surface area contributed by atoms with Crippen LogP contribution in [-0.4, -0.2) is 0 Å². The summed E-state index contributed by atoms with van der Waals surface area (Å²) in [5.74, 6) is -3.37. The van der Waals surface area contributed by atoms with Gasteiger partial charge in [0.25, 0.3) is 0 Å². The van der Waals surface area contributed by atoms with Crippen LogP contribution in [0.3, 0.4) is 0 Å². The third-order valence-corrected chi connectivity index (χ3v) is 4.24. The number of rotatable bonds is 6. The topological polar surface area (TPSA) is 9.23 Å². The van der Waals surface area contributed by atoms with Crippen molar-refractivity contribution in [1.82, 2.24) is 0 Å². The molecule has 0 aliphatic carbocycles. The Hall–Kier alpha value is -2.82. The first kappa shape index (κ1) is 19.0. The third-order valence-electron chi connectivity index (χ3n) is 4.24. The zero-order chi connectivity index (χ0) is 19.4. The third kappa shape index (κ3) is 4.30. The maximum absolute atomic E-state index is 14.3. The maximum atomic E-state index is 14.3. The monoisotopic (exact) mass is 374 g/mol.